The van der Waals surface area contributed by atoms with Crippen LogP contribution >= 0.6 is 12.4 Å². The number of carbonyl (C=O) groups excluding carboxylic acids is 2. The predicted octanol–water partition coefficient (Wildman–Crippen LogP) is 1.93. The second-order valence-electron chi connectivity index (χ2n) is 6.37. The highest BCUT2D eigenvalue weighted by atomic mass is 35.5. The topological polar surface area (TPSA) is 100 Å². The molecule has 1 aromatic heterocycles. The lowest BCUT2D eigenvalue weighted by Crippen LogP contribution is -2.29. The van der Waals surface area contributed by atoms with E-state index >= 15 is 0 Å². The van der Waals surface area contributed by atoms with Crippen molar-refractivity contribution in [2.75, 3.05) is 30.3 Å². The number of nitrogens with one attached hydrogen (secondary N) is 4. The average Bonchev–Trinajstić information content (AvgIpc) is 3.24. The minimum Gasteiger partial charge on any atom is -0.338 e. The highest BCUT2D eigenvalue weighted by Gasteiger charge is 2.34. The van der Waals surface area contributed by atoms with E-state index in [1.54, 1.807) is 22.9 Å². The molecule has 1 aliphatic rings. The molecule has 0 bridgehead atoms. The first kappa shape index (κ1) is 20.7. The Hall–Kier alpha value is -2.58. The maximum absolute atomic E-state index is 12.8. The van der Waals surface area contributed by atoms with Gasteiger partial charge in [-0.1, -0.05) is 6.07 Å². The molecule has 1 aliphatic heterocycles. The molecular formula is C18H25ClN6O2. The van der Waals surface area contributed by atoms with Crippen LogP contribution in [0.3, 0.4) is 0 Å². The molecule has 9 heteroatoms. The molecule has 2 atom stereocenters. The van der Waals surface area contributed by atoms with Gasteiger partial charge >= 0.3 is 6.03 Å². The summed E-state index contributed by atoms with van der Waals surface area (Å²) >= 11 is 0. The molecule has 3 amide bonds. The summed E-state index contributed by atoms with van der Waals surface area (Å²) in [6, 6.07) is 6.85. The van der Waals surface area contributed by atoms with Gasteiger partial charge in [0.05, 0.1) is 12.1 Å². The number of amides is 3. The zero-order chi connectivity index (χ0) is 18.5. The number of rotatable bonds is 5. The SMILES string of the molecule is CCNC(=O)Nc1cccc(NC(=O)[C@H]2CNC[C@@H]2c2cnn(C)c2)c1.Cl. The van der Waals surface area contributed by atoms with Crippen molar-refractivity contribution < 1.29 is 9.59 Å². The first-order chi connectivity index (χ1) is 12.6. The van der Waals surface area contributed by atoms with Crippen LogP contribution in [0, 0.1) is 5.92 Å². The van der Waals surface area contributed by atoms with E-state index in [2.05, 4.69) is 26.4 Å². The number of anilines is 2. The van der Waals surface area contributed by atoms with E-state index in [4.69, 9.17) is 0 Å². The van der Waals surface area contributed by atoms with Crippen LogP contribution in [-0.4, -0.2) is 41.4 Å². The summed E-state index contributed by atoms with van der Waals surface area (Å²) in [5, 5.41) is 15.9. The minimum absolute atomic E-state index is 0. The Morgan fingerprint density at radius 3 is 2.67 bits per heavy atom. The number of aryl methyl sites for hydroxylation is 1. The van der Waals surface area contributed by atoms with Crippen molar-refractivity contribution in [1.29, 1.82) is 0 Å². The molecule has 1 saturated heterocycles. The number of urea groups is 1. The third-order valence-electron chi connectivity index (χ3n) is 4.43. The van der Waals surface area contributed by atoms with Crippen molar-refractivity contribution in [3.05, 3.63) is 42.2 Å². The fourth-order valence-electron chi connectivity index (χ4n) is 3.18. The van der Waals surface area contributed by atoms with Crippen molar-refractivity contribution in [1.82, 2.24) is 20.4 Å². The maximum Gasteiger partial charge on any atom is 0.319 e. The molecular weight excluding hydrogens is 368 g/mol. The molecule has 0 spiro atoms. The molecule has 0 saturated carbocycles. The number of carbonyl (C=O) groups is 2. The van der Waals surface area contributed by atoms with Crippen LogP contribution in [0.2, 0.25) is 0 Å². The Labute approximate surface area is 164 Å². The highest BCUT2D eigenvalue weighted by Crippen LogP contribution is 2.29. The van der Waals surface area contributed by atoms with Crippen LogP contribution in [0.1, 0.15) is 18.4 Å². The van der Waals surface area contributed by atoms with E-state index in [9.17, 15) is 9.59 Å². The summed E-state index contributed by atoms with van der Waals surface area (Å²) in [6.07, 6.45) is 3.77. The molecule has 0 aliphatic carbocycles. The quantitative estimate of drug-likeness (QED) is 0.624. The third kappa shape index (κ3) is 5.21. The van der Waals surface area contributed by atoms with E-state index in [1.807, 2.05) is 32.4 Å². The summed E-state index contributed by atoms with van der Waals surface area (Å²) in [5.74, 6) is -0.112. The van der Waals surface area contributed by atoms with Crippen molar-refractivity contribution in [3.8, 4) is 0 Å². The Balaban J connectivity index is 0.00000261. The first-order valence-electron chi connectivity index (χ1n) is 8.72. The van der Waals surface area contributed by atoms with E-state index in [0.29, 0.717) is 24.5 Å². The predicted molar refractivity (Wildman–Crippen MR) is 107 cm³/mol. The van der Waals surface area contributed by atoms with E-state index in [0.717, 1.165) is 12.1 Å². The number of hydrogen-bond acceptors (Lipinski definition) is 4. The van der Waals surface area contributed by atoms with Crippen LogP contribution in [0.4, 0.5) is 16.2 Å². The molecule has 146 valence electrons. The summed E-state index contributed by atoms with van der Waals surface area (Å²) in [6.45, 7) is 3.78. The lowest BCUT2D eigenvalue weighted by Gasteiger charge is -2.17. The Morgan fingerprint density at radius 1 is 1.26 bits per heavy atom. The van der Waals surface area contributed by atoms with E-state index in [1.165, 1.54) is 0 Å². The number of halogens is 1. The normalized spacial score (nSPS) is 18.4. The van der Waals surface area contributed by atoms with Crippen molar-refractivity contribution in [2.45, 2.75) is 12.8 Å². The van der Waals surface area contributed by atoms with Crippen LogP contribution in [0.15, 0.2) is 36.7 Å². The number of nitrogens with zero attached hydrogens (tertiary/aromatic N) is 2. The van der Waals surface area contributed by atoms with Crippen LogP contribution < -0.4 is 21.3 Å². The summed E-state index contributed by atoms with van der Waals surface area (Å²) in [7, 11) is 1.87. The molecule has 4 N–H and O–H groups in total. The van der Waals surface area contributed by atoms with Crippen LogP contribution in [0.5, 0.6) is 0 Å². The third-order valence-corrected chi connectivity index (χ3v) is 4.43. The maximum atomic E-state index is 12.8. The van der Waals surface area contributed by atoms with Crippen LogP contribution in [0.25, 0.3) is 0 Å². The van der Waals surface area contributed by atoms with Gasteiger partial charge in [0.1, 0.15) is 0 Å². The first-order valence-corrected chi connectivity index (χ1v) is 8.72. The fraction of sp³-hybridized carbons (Fsp3) is 0.389. The van der Waals surface area contributed by atoms with Gasteiger partial charge in [0.2, 0.25) is 5.91 Å². The number of hydrogen-bond donors (Lipinski definition) is 4. The second-order valence-corrected chi connectivity index (χ2v) is 6.37. The molecule has 2 heterocycles. The zero-order valence-electron chi connectivity index (χ0n) is 15.4. The van der Waals surface area contributed by atoms with Gasteiger partial charge in [-0.3, -0.25) is 9.48 Å². The molecule has 0 unspecified atom stereocenters. The van der Waals surface area contributed by atoms with Gasteiger partial charge in [0.25, 0.3) is 0 Å². The number of aromatic nitrogens is 2. The molecule has 3 rings (SSSR count). The van der Waals surface area contributed by atoms with E-state index in [-0.39, 0.29) is 36.2 Å². The van der Waals surface area contributed by atoms with Crippen LogP contribution in [-0.2, 0) is 11.8 Å². The standard InChI is InChI=1S/C18H24N6O2.ClH/c1-3-20-18(26)23-14-6-4-5-13(7-14)22-17(25)16-10-19-9-15(16)12-8-21-24(2)11-12;/h4-8,11,15-16,19H,3,9-10H2,1-2H3,(H,22,25)(H2,20,23,26);1H/t15-,16+;/m1./s1. The van der Waals surface area contributed by atoms with Crippen molar-refractivity contribution in [2.24, 2.45) is 13.0 Å². The summed E-state index contributed by atoms with van der Waals surface area (Å²) < 4.78 is 1.75. The number of benzene rings is 1. The molecule has 1 fully saturated rings. The lowest BCUT2D eigenvalue weighted by atomic mass is 9.90. The Kier molecular flexibility index (Phi) is 7.20. The second kappa shape index (κ2) is 9.38. The van der Waals surface area contributed by atoms with Gasteiger partial charge in [0, 0.05) is 50.2 Å². The van der Waals surface area contributed by atoms with Gasteiger partial charge in [0.15, 0.2) is 0 Å². The van der Waals surface area contributed by atoms with Gasteiger partial charge in [-0.2, -0.15) is 5.10 Å². The lowest BCUT2D eigenvalue weighted by molar-refractivity contribution is -0.119. The smallest absolute Gasteiger partial charge is 0.319 e. The Bertz CT molecular complexity index is 794. The minimum atomic E-state index is -0.271. The fourth-order valence-corrected chi connectivity index (χ4v) is 3.18. The zero-order valence-corrected chi connectivity index (χ0v) is 16.2. The van der Waals surface area contributed by atoms with Crippen molar-refractivity contribution in [3.63, 3.8) is 0 Å². The van der Waals surface area contributed by atoms with Gasteiger partial charge in [-0.15, -0.1) is 12.4 Å². The molecule has 27 heavy (non-hydrogen) atoms. The van der Waals surface area contributed by atoms with Gasteiger partial charge in [-0.25, -0.2) is 4.79 Å². The molecule has 8 nitrogen and oxygen atoms in total. The van der Waals surface area contributed by atoms with Gasteiger partial charge < -0.3 is 21.3 Å². The van der Waals surface area contributed by atoms with E-state index < -0.39 is 0 Å². The largest absolute Gasteiger partial charge is 0.338 e. The summed E-state index contributed by atoms with van der Waals surface area (Å²) in [4.78, 5) is 24.4. The average molecular weight is 393 g/mol. The Morgan fingerprint density at radius 2 is 2.00 bits per heavy atom. The molecule has 0 radical (unpaired) electrons. The molecule has 2 aromatic rings. The van der Waals surface area contributed by atoms with Gasteiger partial charge in [-0.05, 0) is 30.7 Å². The molecule has 1 aromatic carbocycles. The summed E-state index contributed by atoms with van der Waals surface area (Å²) in [5.41, 5.74) is 2.34. The monoisotopic (exact) mass is 392 g/mol. The highest BCUT2D eigenvalue weighted by molar-refractivity contribution is 5.95. The van der Waals surface area contributed by atoms with Crippen molar-refractivity contribution >= 4 is 35.7 Å².